The lowest BCUT2D eigenvalue weighted by molar-refractivity contribution is 0.173. The van der Waals surface area contributed by atoms with Crippen LogP contribution in [-0.2, 0) is 4.74 Å². The number of hydrogen-bond acceptors (Lipinski definition) is 3. The quantitative estimate of drug-likeness (QED) is 0.585. The number of rotatable bonds is 6. The van der Waals surface area contributed by atoms with Crippen molar-refractivity contribution in [2.45, 2.75) is 13.3 Å². The van der Waals surface area contributed by atoms with Crippen LogP contribution >= 0.6 is 0 Å². The van der Waals surface area contributed by atoms with Gasteiger partial charge in [0.25, 0.3) is 0 Å². The van der Waals surface area contributed by atoms with Crippen LogP contribution in [0.1, 0.15) is 13.3 Å². The summed E-state index contributed by atoms with van der Waals surface area (Å²) in [4.78, 5) is 6.11. The van der Waals surface area contributed by atoms with Crippen LogP contribution in [0.15, 0.2) is 16.8 Å². The predicted molar refractivity (Wildman–Crippen MR) is 57.3 cm³/mol. The van der Waals surface area contributed by atoms with Gasteiger partial charge in [0.15, 0.2) is 0 Å². The zero-order chi connectivity index (χ0) is 10.1. The zero-order valence-electron chi connectivity index (χ0n) is 9.08. The molecule has 0 aliphatic heterocycles. The number of ether oxygens (including phenoxy) is 1. The summed E-state index contributed by atoms with van der Waals surface area (Å²) in [5.74, 6) is 0. The Bertz CT molecular complexity index is 176. The van der Waals surface area contributed by atoms with E-state index in [2.05, 4.69) is 23.9 Å². The number of hydrogen-bond donors (Lipinski definition) is 0. The second kappa shape index (κ2) is 7.80. The van der Waals surface area contributed by atoms with Crippen LogP contribution in [0.3, 0.4) is 0 Å². The molecular weight excluding hydrogens is 164 g/mol. The van der Waals surface area contributed by atoms with E-state index < -0.39 is 0 Å². The van der Waals surface area contributed by atoms with Gasteiger partial charge in [-0.15, -0.1) is 0 Å². The Kier molecular flexibility index (Phi) is 7.30. The van der Waals surface area contributed by atoms with E-state index in [0.717, 1.165) is 19.6 Å². The van der Waals surface area contributed by atoms with Gasteiger partial charge in [-0.05, 0) is 12.5 Å². The van der Waals surface area contributed by atoms with Crippen molar-refractivity contribution in [1.82, 2.24) is 4.90 Å². The molecule has 3 heteroatoms. The van der Waals surface area contributed by atoms with Crippen LogP contribution < -0.4 is 0 Å². The molecule has 0 aliphatic rings. The fourth-order valence-electron chi connectivity index (χ4n) is 1.05. The summed E-state index contributed by atoms with van der Waals surface area (Å²) in [7, 11) is 5.56. The average Bonchev–Trinajstić information content (AvgIpc) is 2.16. The summed E-state index contributed by atoms with van der Waals surface area (Å²) in [5, 5.41) is 0. The van der Waals surface area contributed by atoms with Crippen molar-refractivity contribution in [2.24, 2.45) is 4.99 Å². The molecule has 76 valence electrons. The molecule has 0 unspecified atom stereocenters. The largest absolute Gasteiger partial charge is 0.383 e. The van der Waals surface area contributed by atoms with E-state index in [0.29, 0.717) is 0 Å². The Morgan fingerprint density at radius 2 is 2.23 bits per heavy atom. The summed E-state index contributed by atoms with van der Waals surface area (Å²) in [6.07, 6.45) is 4.88. The fourth-order valence-corrected chi connectivity index (χ4v) is 1.05. The van der Waals surface area contributed by atoms with E-state index in [1.807, 2.05) is 12.3 Å². The van der Waals surface area contributed by atoms with Gasteiger partial charge in [0.1, 0.15) is 0 Å². The molecule has 0 fully saturated rings. The average molecular weight is 184 g/mol. The smallest absolute Gasteiger partial charge is 0.0637 e. The van der Waals surface area contributed by atoms with Gasteiger partial charge >= 0.3 is 0 Å². The first-order chi connectivity index (χ1) is 6.26. The first kappa shape index (κ1) is 12.2. The molecule has 0 saturated heterocycles. The molecular formula is C10H20N2O. The Hall–Kier alpha value is -0.830. The van der Waals surface area contributed by atoms with Crippen molar-refractivity contribution in [1.29, 1.82) is 0 Å². The van der Waals surface area contributed by atoms with Crippen molar-refractivity contribution >= 4 is 6.21 Å². The third-order valence-corrected chi connectivity index (χ3v) is 1.90. The van der Waals surface area contributed by atoms with E-state index in [4.69, 9.17) is 4.74 Å². The predicted octanol–water partition coefficient (Wildman–Crippen LogP) is 1.56. The SMILES string of the molecule is CC/C(=C\C=NC)N(C)CCOC. The van der Waals surface area contributed by atoms with E-state index in [9.17, 15) is 0 Å². The van der Waals surface area contributed by atoms with Crippen molar-refractivity contribution in [3.63, 3.8) is 0 Å². The minimum absolute atomic E-state index is 0.761. The number of nitrogens with zero attached hydrogens (tertiary/aromatic N) is 2. The summed E-state index contributed by atoms with van der Waals surface area (Å²) in [6, 6.07) is 0. The Morgan fingerprint density at radius 1 is 1.54 bits per heavy atom. The lowest BCUT2D eigenvalue weighted by atomic mass is 10.3. The Balaban J connectivity index is 4.05. The molecule has 0 N–H and O–H groups in total. The summed E-state index contributed by atoms with van der Waals surface area (Å²) in [6.45, 7) is 3.82. The van der Waals surface area contributed by atoms with Crippen molar-refractivity contribution in [2.75, 3.05) is 34.4 Å². The zero-order valence-corrected chi connectivity index (χ0v) is 9.08. The topological polar surface area (TPSA) is 24.8 Å². The van der Waals surface area contributed by atoms with Crippen molar-refractivity contribution in [3.8, 4) is 0 Å². The van der Waals surface area contributed by atoms with E-state index in [1.165, 1.54) is 5.70 Å². The molecule has 0 bridgehead atoms. The van der Waals surface area contributed by atoms with Gasteiger partial charge in [-0.3, -0.25) is 4.99 Å². The minimum atomic E-state index is 0.761. The maximum absolute atomic E-state index is 5.01. The molecule has 0 aliphatic carbocycles. The van der Waals surface area contributed by atoms with Gasteiger partial charge in [-0.2, -0.15) is 0 Å². The molecule has 0 amide bonds. The molecule has 0 atom stereocenters. The normalized spacial score (nSPS) is 12.5. The standard InChI is InChI=1S/C10H20N2O/c1-5-10(6-7-11-2)12(3)8-9-13-4/h6-7H,5,8-9H2,1-4H3/b10-6+,11-7?. The first-order valence-corrected chi connectivity index (χ1v) is 4.57. The highest BCUT2D eigenvalue weighted by Crippen LogP contribution is 2.04. The van der Waals surface area contributed by atoms with Crippen LogP contribution in [-0.4, -0.2) is 45.5 Å². The maximum atomic E-state index is 5.01. The van der Waals surface area contributed by atoms with Gasteiger partial charge in [0.2, 0.25) is 0 Å². The number of aliphatic imine (C=N–C) groups is 1. The summed E-state index contributed by atoms with van der Waals surface area (Å²) < 4.78 is 5.01. The lowest BCUT2D eigenvalue weighted by Crippen LogP contribution is -2.22. The van der Waals surface area contributed by atoms with E-state index in [-0.39, 0.29) is 0 Å². The third-order valence-electron chi connectivity index (χ3n) is 1.90. The summed E-state index contributed by atoms with van der Waals surface area (Å²) >= 11 is 0. The first-order valence-electron chi connectivity index (χ1n) is 4.57. The third kappa shape index (κ3) is 5.42. The van der Waals surface area contributed by atoms with Gasteiger partial charge < -0.3 is 9.64 Å². The van der Waals surface area contributed by atoms with Crippen LogP contribution in [0.2, 0.25) is 0 Å². The van der Waals surface area contributed by atoms with Crippen molar-refractivity contribution < 1.29 is 4.74 Å². The molecule has 0 aromatic heterocycles. The molecule has 0 heterocycles. The number of methoxy groups -OCH3 is 1. The monoisotopic (exact) mass is 184 g/mol. The highest BCUT2D eigenvalue weighted by atomic mass is 16.5. The van der Waals surface area contributed by atoms with E-state index in [1.54, 1.807) is 14.2 Å². The van der Waals surface area contributed by atoms with E-state index >= 15 is 0 Å². The maximum Gasteiger partial charge on any atom is 0.0637 e. The summed E-state index contributed by atoms with van der Waals surface area (Å²) in [5.41, 5.74) is 1.28. The molecule has 3 nitrogen and oxygen atoms in total. The Morgan fingerprint density at radius 3 is 2.69 bits per heavy atom. The highest BCUT2D eigenvalue weighted by Gasteiger charge is 1.99. The van der Waals surface area contributed by atoms with Gasteiger partial charge in [-0.25, -0.2) is 0 Å². The van der Waals surface area contributed by atoms with Crippen LogP contribution in [0.4, 0.5) is 0 Å². The second-order valence-corrected chi connectivity index (χ2v) is 2.83. The van der Waals surface area contributed by atoms with Crippen LogP contribution in [0, 0.1) is 0 Å². The molecule has 0 aromatic rings. The molecule has 0 spiro atoms. The molecule has 0 radical (unpaired) electrons. The fraction of sp³-hybridized carbons (Fsp3) is 0.700. The van der Waals surface area contributed by atoms with Gasteiger partial charge in [0.05, 0.1) is 6.61 Å². The molecule has 0 rings (SSSR count). The second-order valence-electron chi connectivity index (χ2n) is 2.83. The number of likely N-dealkylation sites (N-methyl/N-ethyl adjacent to an activating group) is 1. The van der Waals surface area contributed by atoms with Crippen LogP contribution in [0.5, 0.6) is 0 Å². The lowest BCUT2D eigenvalue weighted by Gasteiger charge is -2.20. The molecule has 0 saturated carbocycles. The minimum Gasteiger partial charge on any atom is -0.383 e. The van der Waals surface area contributed by atoms with Crippen LogP contribution in [0.25, 0.3) is 0 Å². The number of allylic oxidation sites excluding steroid dienone is 2. The molecule has 0 aromatic carbocycles. The highest BCUT2D eigenvalue weighted by molar-refractivity contribution is 5.71. The van der Waals surface area contributed by atoms with Crippen molar-refractivity contribution in [3.05, 3.63) is 11.8 Å². The Labute approximate surface area is 81.1 Å². The van der Waals surface area contributed by atoms with Gasteiger partial charge in [0, 0.05) is 39.7 Å². The molecule has 13 heavy (non-hydrogen) atoms. The van der Waals surface area contributed by atoms with Gasteiger partial charge in [-0.1, -0.05) is 6.92 Å².